The van der Waals surface area contributed by atoms with E-state index >= 15 is 0 Å². The molecule has 1 aliphatic rings. The molecule has 17 heavy (non-hydrogen) atoms. The minimum absolute atomic E-state index is 0.0522. The summed E-state index contributed by atoms with van der Waals surface area (Å²) < 4.78 is 0. The van der Waals surface area contributed by atoms with Gasteiger partial charge in [-0.15, -0.1) is 0 Å². The molecule has 0 spiro atoms. The number of carbonyl (C=O) groups excluding carboxylic acids is 1. The summed E-state index contributed by atoms with van der Waals surface area (Å²) in [4.78, 5) is 14.3. The third-order valence-corrected chi connectivity index (χ3v) is 3.31. The van der Waals surface area contributed by atoms with Crippen LogP contribution in [0.1, 0.15) is 40.5 Å². The molecule has 0 bridgehead atoms. The molecule has 1 rings (SSSR count). The van der Waals surface area contributed by atoms with Crippen molar-refractivity contribution in [1.82, 2.24) is 10.2 Å². The normalized spacial score (nSPS) is 24.4. The number of piperidine rings is 1. The predicted molar refractivity (Wildman–Crippen MR) is 70.7 cm³/mol. The standard InChI is InChI=1S/C13H27N3O/c1-10(12(17)15-13(2,3)4)16-7-5-6-11(8-14)9-16/h10-11H,5-9,14H2,1-4H3,(H,15,17). The van der Waals surface area contributed by atoms with Crippen LogP contribution in [0, 0.1) is 5.92 Å². The molecule has 4 nitrogen and oxygen atoms in total. The lowest BCUT2D eigenvalue weighted by atomic mass is 9.97. The fourth-order valence-corrected chi connectivity index (χ4v) is 2.28. The Morgan fingerprint density at radius 1 is 1.53 bits per heavy atom. The average molecular weight is 241 g/mol. The smallest absolute Gasteiger partial charge is 0.237 e. The van der Waals surface area contributed by atoms with E-state index in [0.29, 0.717) is 5.92 Å². The molecule has 1 fully saturated rings. The second-order valence-electron chi connectivity index (χ2n) is 6.15. The third kappa shape index (κ3) is 4.64. The lowest BCUT2D eigenvalue weighted by molar-refractivity contribution is -0.128. The number of carbonyl (C=O) groups is 1. The van der Waals surface area contributed by atoms with E-state index in [1.165, 1.54) is 6.42 Å². The van der Waals surface area contributed by atoms with E-state index in [0.717, 1.165) is 26.1 Å². The SMILES string of the molecule is CC(C(=O)NC(C)(C)C)N1CCCC(CN)C1. The van der Waals surface area contributed by atoms with Crippen molar-refractivity contribution in [2.75, 3.05) is 19.6 Å². The average Bonchev–Trinajstić information content (AvgIpc) is 2.26. The maximum Gasteiger partial charge on any atom is 0.237 e. The Morgan fingerprint density at radius 3 is 2.71 bits per heavy atom. The van der Waals surface area contributed by atoms with Crippen LogP contribution in [0.2, 0.25) is 0 Å². The largest absolute Gasteiger partial charge is 0.350 e. The number of amides is 1. The molecule has 1 heterocycles. The number of nitrogens with zero attached hydrogens (tertiary/aromatic N) is 1. The molecule has 0 radical (unpaired) electrons. The highest BCUT2D eigenvalue weighted by Crippen LogP contribution is 2.17. The zero-order chi connectivity index (χ0) is 13.1. The molecular weight excluding hydrogens is 214 g/mol. The summed E-state index contributed by atoms with van der Waals surface area (Å²) in [6.07, 6.45) is 2.34. The van der Waals surface area contributed by atoms with Gasteiger partial charge in [0.25, 0.3) is 0 Å². The van der Waals surface area contributed by atoms with Crippen LogP contribution in [0.4, 0.5) is 0 Å². The zero-order valence-electron chi connectivity index (χ0n) is 11.6. The lowest BCUT2D eigenvalue weighted by Crippen LogP contribution is -2.53. The van der Waals surface area contributed by atoms with Crippen LogP contribution in [-0.4, -0.2) is 42.0 Å². The van der Waals surface area contributed by atoms with Crippen molar-refractivity contribution < 1.29 is 4.79 Å². The highest BCUT2D eigenvalue weighted by atomic mass is 16.2. The molecular formula is C13H27N3O. The Balaban J connectivity index is 2.51. The summed E-state index contributed by atoms with van der Waals surface area (Å²) in [7, 11) is 0. The van der Waals surface area contributed by atoms with Crippen LogP contribution < -0.4 is 11.1 Å². The van der Waals surface area contributed by atoms with E-state index in [9.17, 15) is 4.79 Å². The summed E-state index contributed by atoms with van der Waals surface area (Å²) in [6.45, 7) is 10.7. The van der Waals surface area contributed by atoms with Gasteiger partial charge >= 0.3 is 0 Å². The van der Waals surface area contributed by atoms with Gasteiger partial charge in [-0.05, 0) is 59.5 Å². The molecule has 0 aromatic rings. The van der Waals surface area contributed by atoms with Crippen LogP contribution in [0.25, 0.3) is 0 Å². The third-order valence-electron chi connectivity index (χ3n) is 3.31. The van der Waals surface area contributed by atoms with Gasteiger partial charge in [0, 0.05) is 12.1 Å². The van der Waals surface area contributed by atoms with Crippen LogP contribution in [0.15, 0.2) is 0 Å². The summed E-state index contributed by atoms with van der Waals surface area (Å²) in [5, 5.41) is 3.04. The maximum atomic E-state index is 12.1. The van der Waals surface area contributed by atoms with Gasteiger partial charge in [0.05, 0.1) is 6.04 Å². The van der Waals surface area contributed by atoms with Crippen molar-refractivity contribution in [3.63, 3.8) is 0 Å². The quantitative estimate of drug-likeness (QED) is 0.774. The summed E-state index contributed by atoms with van der Waals surface area (Å²) >= 11 is 0. The van der Waals surface area contributed by atoms with Gasteiger partial charge in [-0.1, -0.05) is 0 Å². The Kier molecular flexibility index (Phi) is 4.95. The summed E-state index contributed by atoms with van der Waals surface area (Å²) in [5.74, 6) is 0.670. The molecule has 0 aliphatic carbocycles. The van der Waals surface area contributed by atoms with Gasteiger partial charge in [0.1, 0.15) is 0 Å². The Labute approximate surface area is 105 Å². The first kappa shape index (κ1) is 14.5. The number of rotatable bonds is 3. The van der Waals surface area contributed by atoms with Gasteiger partial charge in [0.2, 0.25) is 5.91 Å². The lowest BCUT2D eigenvalue weighted by Gasteiger charge is -2.36. The topological polar surface area (TPSA) is 58.4 Å². The molecule has 3 N–H and O–H groups in total. The molecule has 4 heteroatoms. The van der Waals surface area contributed by atoms with Gasteiger partial charge in [0.15, 0.2) is 0 Å². The Hall–Kier alpha value is -0.610. The molecule has 0 aromatic heterocycles. The summed E-state index contributed by atoms with van der Waals surface area (Å²) in [5.41, 5.74) is 5.56. The number of hydrogen-bond acceptors (Lipinski definition) is 3. The van der Waals surface area contributed by atoms with Gasteiger partial charge < -0.3 is 11.1 Å². The molecule has 1 amide bonds. The first-order chi connectivity index (χ1) is 7.83. The van der Waals surface area contributed by atoms with Crippen molar-refractivity contribution >= 4 is 5.91 Å². The first-order valence-corrected chi connectivity index (χ1v) is 6.59. The van der Waals surface area contributed by atoms with Gasteiger partial charge in [-0.25, -0.2) is 0 Å². The predicted octanol–water partition coefficient (Wildman–Crippen LogP) is 0.960. The number of nitrogens with one attached hydrogen (secondary N) is 1. The van der Waals surface area contributed by atoms with Gasteiger partial charge in [-0.3, -0.25) is 9.69 Å². The first-order valence-electron chi connectivity index (χ1n) is 6.59. The molecule has 2 unspecified atom stereocenters. The second kappa shape index (κ2) is 5.83. The number of nitrogens with two attached hydrogens (primary N) is 1. The molecule has 1 saturated heterocycles. The van der Waals surface area contributed by atoms with Crippen LogP contribution in [0.5, 0.6) is 0 Å². The van der Waals surface area contributed by atoms with Crippen LogP contribution in [0.3, 0.4) is 0 Å². The van der Waals surface area contributed by atoms with E-state index in [-0.39, 0.29) is 17.5 Å². The van der Waals surface area contributed by atoms with E-state index in [1.807, 2.05) is 27.7 Å². The highest BCUT2D eigenvalue weighted by Gasteiger charge is 2.28. The monoisotopic (exact) mass is 241 g/mol. The van der Waals surface area contributed by atoms with Crippen molar-refractivity contribution in [2.45, 2.75) is 52.1 Å². The second-order valence-corrected chi connectivity index (χ2v) is 6.15. The molecule has 1 aliphatic heterocycles. The van der Waals surface area contributed by atoms with Crippen molar-refractivity contribution in [3.05, 3.63) is 0 Å². The zero-order valence-corrected chi connectivity index (χ0v) is 11.6. The Bertz CT molecular complexity index is 260. The highest BCUT2D eigenvalue weighted by molar-refractivity contribution is 5.81. The summed E-state index contributed by atoms with van der Waals surface area (Å²) in [6, 6.07) is -0.0522. The fraction of sp³-hybridized carbons (Fsp3) is 0.923. The van der Waals surface area contributed by atoms with Crippen molar-refractivity contribution in [2.24, 2.45) is 11.7 Å². The minimum atomic E-state index is -0.158. The van der Waals surface area contributed by atoms with Crippen LogP contribution >= 0.6 is 0 Å². The van der Waals surface area contributed by atoms with E-state index in [4.69, 9.17) is 5.73 Å². The molecule has 100 valence electrons. The van der Waals surface area contributed by atoms with Crippen molar-refractivity contribution in [1.29, 1.82) is 0 Å². The van der Waals surface area contributed by atoms with Crippen LogP contribution in [-0.2, 0) is 4.79 Å². The number of likely N-dealkylation sites (tertiary alicyclic amines) is 1. The van der Waals surface area contributed by atoms with E-state index in [1.54, 1.807) is 0 Å². The maximum absolute atomic E-state index is 12.1. The fourth-order valence-electron chi connectivity index (χ4n) is 2.28. The molecule has 0 aromatic carbocycles. The Morgan fingerprint density at radius 2 is 2.18 bits per heavy atom. The van der Waals surface area contributed by atoms with E-state index < -0.39 is 0 Å². The van der Waals surface area contributed by atoms with Crippen molar-refractivity contribution in [3.8, 4) is 0 Å². The number of hydrogen-bond donors (Lipinski definition) is 2. The van der Waals surface area contributed by atoms with Gasteiger partial charge in [-0.2, -0.15) is 0 Å². The minimum Gasteiger partial charge on any atom is -0.350 e. The van der Waals surface area contributed by atoms with E-state index in [2.05, 4.69) is 10.2 Å². The molecule has 0 saturated carbocycles. The molecule has 2 atom stereocenters.